The maximum Gasteiger partial charge on any atom is 0.128 e. The lowest BCUT2D eigenvalue weighted by Crippen LogP contribution is -2.13. The fourth-order valence-corrected chi connectivity index (χ4v) is 4.22. The van der Waals surface area contributed by atoms with Gasteiger partial charge in [-0.2, -0.15) is 0 Å². The number of pyridine rings is 1. The van der Waals surface area contributed by atoms with Crippen molar-refractivity contribution >= 4 is 11.5 Å². The zero-order valence-corrected chi connectivity index (χ0v) is 9.26. The predicted molar refractivity (Wildman–Crippen MR) is 63.9 cm³/mol. The van der Waals surface area contributed by atoms with E-state index < -0.39 is 0 Å². The van der Waals surface area contributed by atoms with Crippen LogP contribution in [-0.2, 0) is 0 Å². The van der Waals surface area contributed by atoms with Crippen LogP contribution in [0.3, 0.4) is 0 Å². The minimum absolute atomic E-state index is 0.695. The number of nitrogens with zero attached hydrogens (tertiary/aromatic N) is 1. The highest BCUT2D eigenvalue weighted by Gasteiger charge is 2.65. The van der Waals surface area contributed by atoms with Gasteiger partial charge in [-0.15, -0.1) is 0 Å². The Labute approximate surface area is 95.4 Å². The molecule has 2 bridgehead atoms. The Morgan fingerprint density at radius 2 is 2.00 bits per heavy atom. The first-order chi connectivity index (χ1) is 7.83. The minimum atomic E-state index is 0.695. The first kappa shape index (κ1) is 8.85. The molecule has 3 saturated carbocycles. The summed E-state index contributed by atoms with van der Waals surface area (Å²) in [7, 11) is 0. The van der Waals surface area contributed by atoms with Crippen molar-refractivity contribution in [2.45, 2.75) is 25.3 Å². The molecule has 3 N–H and O–H groups in total. The third-order valence-electron chi connectivity index (χ3n) is 4.83. The minimum Gasteiger partial charge on any atom is -0.399 e. The summed E-state index contributed by atoms with van der Waals surface area (Å²) in [4.78, 5) is 4.33. The average Bonchev–Trinajstić information content (AvgIpc) is 2.70. The van der Waals surface area contributed by atoms with E-state index in [9.17, 15) is 0 Å². The van der Waals surface area contributed by atoms with Crippen molar-refractivity contribution in [1.82, 2.24) is 4.98 Å². The second-order valence-electron chi connectivity index (χ2n) is 5.63. The van der Waals surface area contributed by atoms with Crippen molar-refractivity contribution in [2.75, 3.05) is 11.1 Å². The van der Waals surface area contributed by atoms with Gasteiger partial charge in [0.25, 0.3) is 0 Å². The Kier molecular flexibility index (Phi) is 1.61. The van der Waals surface area contributed by atoms with Gasteiger partial charge in [0.2, 0.25) is 0 Å². The predicted octanol–water partition coefficient (Wildman–Crippen LogP) is 2.12. The number of fused-ring (bicyclic) bond motifs is 5. The Balaban J connectivity index is 1.51. The molecular weight excluding hydrogens is 198 g/mol. The second-order valence-corrected chi connectivity index (χ2v) is 5.63. The second kappa shape index (κ2) is 2.90. The molecular formula is C13H17N3. The van der Waals surface area contributed by atoms with Crippen LogP contribution in [0.15, 0.2) is 18.3 Å². The number of nitrogens with two attached hydrogens (primary N) is 1. The lowest BCUT2D eigenvalue weighted by Gasteiger charge is -2.11. The van der Waals surface area contributed by atoms with E-state index in [-0.39, 0.29) is 0 Å². The number of hydrogen-bond acceptors (Lipinski definition) is 3. The quantitative estimate of drug-likeness (QED) is 0.794. The molecule has 3 aliphatic carbocycles. The van der Waals surface area contributed by atoms with Crippen LogP contribution < -0.4 is 11.1 Å². The number of nitrogens with one attached hydrogen (secondary N) is 1. The van der Waals surface area contributed by atoms with Crippen LogP contribution in [0.1, 0.15) is 19.3 Å². The summed E-state index contributed by atoms with van der Waals surface area (Å²) in [5, 5.41) is 3.57. The van der Waals surface area contributed by atoms with Crippen molar-refractivity contribution in [1.29, 1.82) is 0 Å². The van der Waals surface area contributed by atoms with Crippen LogP contribution in [0.4, 0.5) is 11.5 Å². The van der Waals surface area contributed by atoms with Crippen LogP contribution in [0.2, 0.25) is 0 Å². The molecule has 4 unspecified atom stereocenters. The van der Waals surface area contributed by atoms with Gasteiger partial charge in [0.15, 0.2) is 0 Å². The van der Waals surface area contributed by atoms with Crippen molar-refractivity contribution in [3.05, 3.63) is 18.3 Å². The highest BCUT2D eigenvalue weighted by atomic mass is 15.1. The SMILES string of the molecule is Nc1ccnc(NC2C3C4CCC(C4)C23)c1. The van der Waals surface area contributed by atoms with E-state index in [0.29, 0.717) is 6.04 Å². The van der Waals surface area contributed by atoms with E-state index in [1.54, 1.807) is 6.20 Å². The highest BCUT2D eigenvalue weighted by Crippen LogP contribution is 2.66. The van der Waals surface area contributed by atoms with Gasteiger partial charge in [-0.25, -0.2) is 4.98 Å². The van der Waals surface area contributed by atoms with Gasteiger partial charge >= 0.3 is 0 Å². The lowest BCUT2D eigenvalue weighted by molar-refractivity contribution is 0.456. The maximum atomic E-state index is 5.76. The first-order valence-electron chi connectivity index (χ1n) is 6.31. The molecule has 0 aliphatic heterocycles. The largest absolute Gasteiger partial charge is 0.399 e. The lowest BCUT2D eigenvalue weighted by atomic mass is 10.0. The van der Waals surface area contributed by atoms with Crippen molar-refractivity contribution in [2.24, 2.45) is 23.7 Å². The topological polar surface area (TPSA) is 50.9 Å². The molecule has 1 aromatic heterocycles. The summed E-state index contributed by atoms with van der Waals surface area (Å²) in [6.07, 6.45) is 6.21. The van der Waals surface area contributed by atoms with Gasteiger partial charge < -0.3 is 11.1 Å². The molecule has 3 aliphatic rings. The molecule has 1 aromatic rings. The van der Waals surface area contributed by atoms with Crippen molar-refractivity contribution < 1.29 is 0 Å². The first-order valence-corrected chi connectivity index (χ1v) is 6.31. The third-order valence-corrected chi connectivity index (χ3v) is 4.83. The Morgan fingerprint density at radius 1 is 1.25 bits per heavy atom. The van der Waals surface area contributed by atoms with Crippen molar-refractivity contribution in [3.8, 4) is 0 Å². The molecule has 3 fully saturated rings. The number of aromatic nitrogens is 1. The fraction of sp³-hybridized carbons (Fsp3) is 0.615. The number of anilines is 2. The zero-order valence-electron chi connectivity index (χ0n) is 9.26. The van der Waals surface area contributed by atoms with E-state index in [2.05, 4.69) is 10.3 Å². The van der Waals surface area contributed by atoms with E-state index in [1.807, 2.05) is 12.1 Å². The number of nitrogen functional groups attached to an aromatic ring is 1. The van der Waals surface area contributed by atoms with E-state index in [4.69, 9.17) is 5.73 Å². The average molecular weight is 215 g/mol. The Hall–Kier alpha value is -1.25. The Bertz CT molecular complexity index is 415. The van der Waals surface area contributed by atoms with Gasteiger partial charge in [0.1, 0.15) is 5.82 Å². The van der Waals surface area contributed by atoms with E-state index in [0.717, 1.165) is 35.2 Å². The van der Waals surface area contributed by atoms with Gasteiger partial charge in [0.05, 0.1) is 0 Å². The summed E-state index contributed by atoms with van der Waals surface area (Å²) in [5.74, 6) is 4.87. The summed E-state index contributed by atoms with van der Waals surface area (Å²) < 4.78 is 0. The normalized spacial score (nSPS) is 43.1. The van der Waals surface area contributed by atoms with Crippen molar-refractivity contribution in [3.63, 3.8) is 0 Å². The standard InChI is InChI=1S/C13H17N3/c14-9-3-4-15-10(6-9)16-13-11-7-1-2-8(5-7)12(11)13/h3-4,6-8,11-13H,1-2,5H2,(H3,14,15,16). The monoisotopic (exact) mass is 215 g/mol. The van der Waals surface area contributed by atoms with Gasteiger partial charge in [-0.05, 0) is 49.0 Å². The maximum absolute atomic E-state index is 5.76. The van der Waals surface area contributed by atoms with Crippen LogP contribution in [-0.4, -0.2) is 11.0 Å². The molecule has 4 atom stereocenters. The molecule has 0 saturated heterocycles. The summed E-state index contributed by atoms with van der Waals surface area (Å²) in [6, 6.07) is 4.47. The van der Waals surface area contributed by atoms with Gasteiger partial charge in [-0.1, -0.05) is 0 Å². The Morgan fingerprint density at radius 3 is 2.69 bits per heavy atom. The molecule has 0 spiro atoms. The molecule has 0 aromatic carbocycles. The summed E-state index contributed by atoms with van der Waals surface area (Å²) in [5.41, 5.74) is 6.55. The fourth-order valence-electron chi connectivity index (χ4n) is 4.22. The van der Waals surface area contributed by atoms with Gasteiger partial charge in [0, 0.05) is 24.0 Å². The zero-order chi connectivity index (χ0) is 10.7. The van der Waals surface area contributed by atoms with Gasteiger partial charge in [-0.3, -0.25) is 0 Å². The molecule has 84 valence electrons. The molecule has 3 heteroatoms. The van der Waals surface area contributed by atoms with E-state index >= 15 is 0 Å². The third kappa shape index (κ3) is 1.11. The highest BCUT2D eigenvalue weighted by molar-refractivity contribution is 5.50. The van der Waals surface area contributed by atoms with Crippen LogP contribution in [0.25, 0.3) is 0 Å². The smallest absolute Gasteiger partial charge is 0.128 e. The summed E-state index contributed by atoms with van der Waals surface area (Å²) in [6.45, 7) is 0. The molecule has 4 rings (SSSR count). The molecule has 16 heavy (non-hydrogen) atoms. The molecule has 3 nitrogen and oxygen atoms in total. The molecule has 0 radical (unpaired) electrons. The molecule has 1 heterocycles. The van der Waals surface area contributed by atoms with Crippen LogP contribution >= 0.6 is 0 Å². The van der Waals surface area contributed by atoms with E-state index in [1.165, 1.54) is 19.3 Å². The number of hydrogen-bond donors (Lipinski definition) is 2. The number of rotatable bonds is 2. The summed E-state index contributed by atoms with van der Waals surface area (Å²) >= 11 is 0. The van der Waals surface area contributed by atoms with Crippen LogP contribution in [0.5, 0.6) is 0 Å². The molecule has 0 amide bonds. The van der Waals surface area contributed by atoms with Crippen LogP contribution in [0, 0.1) is 23.7 Å².